The van der Waals surface area contributed by atoms with Crippen molar-refractivity contribution in [2.24, 2.45) is 0 Å². The molecule has 0 spiro atoms. The lowest BCUT2D eigenvalue weighted by molar-refractivity contribution is -0.137. The highest BCUT2D eigenvalue weighted by Crippen LogP contribution is 2.07. The van der Waals surface area contributed by atoms with Crippen molar-refractivity contribution >= 4 is 47.1 Å². The second kappa shape index (κ2) is 21.8. The molecule has 0 rings (SSSR count). The number of carboxylic acid groups (broad SMARTS) is 2. The Kier molecular flexibility index (Phi) is 20.7. The second-order valence-electron chi connectivity index (χ2n) is 6.99. The summed E-state index contributed by atoms with van der Waals surface area (Å²) in [6.45, 7) is 3.31. The van der Waals surface area contributed by atoms with Gasteiger partial charge >= 0.3 is 11.9 Å². The van der Waals surface area contributed by atoms with E-state index in [2.05, 4.69) is 16.0 Å². The third kappa shape index (κ3) is 24.7. The third-order valence-electron chi connectivity index (χ3n) is 4.09. The minimum Gasteiger partial charge on any atom is -0.481 e. The van der Waals surface area contributed by atoms with E-state index >= 15 is 0 Å². The quantitative estimate of drug-likeness (QED) is 0.0706. The van der Waals surface area contributed by atoms with Crippen molar-refractivity contribution in [2.45, 2.75) is 51.4 Å². The predicted octanol–water partition coefficient (Wildman–Crippen LogP) is 2.47. The van der Waals surface area contributed by atoms with Gasteiger partial charge in [-0.15, -0.1) is 0 Å². The first-order valence-corrected chi connectivity index (χ1v) is 13.1. The molecular weight excluding hydrogens is 438 g/mol. The molecule has 31 heavy (non-hydrogen) atoms. The van der Waals surface area contributed by atoms with Crippen molar-refractivity contribution in [3.05, 3.63) is 0 Å². The number of rotatable bonds is 22. The molecule has 7 N–H and O–H groups in total. The number of carboxylic acids is 2. The summed E-state index contributed by atoms with van der Waals surface area (Å²) in [6, 6.07) is 0. The molecule has 9 nitrogen and oxygen atoms in total. The Morgan fingerprint density at radius 2 is 1.03 bits per heavy atom. The number of amidine groups is 2. The molecule has 0 aliphatic rings. The lowest BCUT2D eigenvalue weighted by atomic mass is 10.3. The van der Waals surface area contributed by atoms with Crippen LogP contribution in [0.3, 0.4) is 0 Å². The summed E-state index contributed by atoms with van der Waals surface area (Å²) in [4.78, 5) is 20.8. The summed E-state index contributed by atoms with van der Waals surface area (Å²) in [5, 5.41) is 42.4. The van der Waals surface area contributed by atoms with Gasteiger partial charge in [-0.05, 0) is 50.3 Å². The second-order valence-corrected chi connectivity index (χ2v) is 9.44. The smallest absolute Gasteiger partial charge is 0.304 e. The van der Waals surface area contributed by atoms with E-state index in [0.717, 1.165) is 63.4 Å². The van der Waals surface area contributed by atoms with Crippen LogP contribution in [-0.2, 0) is 9.59 Å². The lowest BCUT2D eigenvalue weighted by Gasteiger charge is -2.10. The number of thioether (sulfide) groups is 2. The van der Waals surface area contributed by atoms with Crippen LogP contribution in [0.4, 0.5) is 0 Å². The number of carbonyl (C=O) groups is 2. The summed E-state index contributed by atoms with van der Waals surface area (Å²) < 4.78 is 0. The summed E-state index contributed by atoms with van der Waals surface area (Å²) in [5.74, 6) is 2.60. The lowest BCUT2D eigenvalue weighted by Crippen LogP contribution is -2.29. The van der Waals surface area contributed by atoms with Gasteiger partial charge < -0.3 is 26.2 Å². The zero-order valence-corrected chi connectivity index (χ0v) is 20.0. The maximum Gasteiger partial charge on any atom is 0.304 e. The molecule has 0 saturated carbocycles. The largest absolute Gasteiger partial charge is 0.481 e. The first-order chi connectivity index (χ1) is 14.9. The molecule has 0 saturated heterocycles. The molecule has 0 fully saturated rings. The molecule has 0 aliphatic heterocycles. The highest BCUT2D eigenvalue weighted by Gasteiger charge is 2.00. The van der Waals surface area contributed by atoms with Crippen molar-refractivity contribution in [1.29, 1.82) is 10.8 Å². The molecule has 0 unspecified atom stereocenters. The van der Waals surface area contributed by atoms with Crippen LogP contribution in [0.1, 0.15) is 51.4 Å². The highest BCUT2D eigenvalue weighted by atomic mass is 32.2. The van der Waals surface area contributed by atoms with Crippen LogP contribution in [0.25, 0.3) is 0 Å². The molecule has 0 bridgehead atoms. The van der Waals surface area contributed by atoms with E-state index in [1.54, 1.807) is 23.5 Å². The molecule has 0 aromatic carbocycles. The molecule has 0 radical (unpaired) electrons. The summed E-state index contributed by atoms with van der Waals surface area (Å²) in [6.07, 6.45) is 5.46. The Balaban J connectivity index is 3.29. The average Bonchev–Trinajstić information content (AvgIpc) is 2.71. The summed E-state index contributed by atoms with van der Waals surface area (Å²) >= 11 is 3.24. The number of nitrogens with one attached hydrogen (secondary N) is 5. The molecule has 0 aromatic rings. The first kappa shape index (κ1) is 29.5. The van der Waals surface area contributed by atoms with Crippen LogP contribution in [0, 0.1) is 10.8 Å². The SMILES string of the molecule is N=C(CCCSCCC(=O)O)NCCCNCCCNC(=N)CCCSCCC(=O)O. The van der Waals surface area contributed by atoms with Gasteiger partial charge in [-0.2, -0.15) is 23.5 Å². The monoisotopic (exact) mass is 477 g/mol. The Bertz CT molecular complexity index is 480. The van der Waals surface area contributed by atoms with Crippen LogP contribution in [0.2, 0.25) is 0 Å². The third-order valence-corrected chi connectivity index (χ3v) is 6.23. The number of aliphatic carboxylic acids is 2. The topological polar surface area (TPSA) is 158 Å². The van der Waals surface area contributed by atoms with Crippen LogP contribution in [0.5, 0.6) is 0 Å². The van der Waals surface area contributed by atoms with Crippen LogP contribution < -0.4 is 16.0 Å². The fourth-order valence-corrected chi connectivity index (χ4v) is 4.18. The van der Waals surface area contributed by atoms with Crippen LogP contribution >= 0.6 is 23.5 Å². The predicted molar refractivity (Wildman–Crippen MR) is 131 cm³/mol. The van der Waals surface area contributed by atoms with Gasteiger partial charge in [-0.1, -0.05) is 0 Å². The maximum atomic E-state index is 10.4. The van der Waals surface area contributed by atoms with E-state index in [4.69, 9.17) is 21.0 Å². The Morgan fingerprint density at radius 3 is 1.42 bits per heavy atom. The molecule has 0 heterocycles. The number of hydrogen-bond donors (Lipinski definition) is 7. The minimum atomic E-state index is -0.760. The van der Waals surface area contributed by atoms with E-state index in [-0.39, 0.29) is 12.8 Å². The van der Waals surface area contributed by atoms with E-state index in [1.165, 1.54) is 0 Å². The van der Waals surface area contributed by atoms with Crippen LogP contribution in [0.15, 0.2) is 0 Å². The molecule has 0 aromatic heterocycles. The van der Waals surface area contributed by atoms with Crippen molar-refractivity contribution in [3.8, 4) is 0 Å². The van der Waals surface area contributed by atoms with Crippen molar-refractivity contribution < 1.29 is 19.8 Å². The van der Waals surface area contributed by atoms with Crippen LogP contribution in [-0.4, -0.2) is 83.0 Å². The molecule has 180 valence electrons. The molecule has 0 aliphatic carbocycles. The number of hydrogen-bond acceptors (Lipinski definition) is 7. The Labute approximate surface area is 194 Å². The average molecular weight is 478 g/mol. The van der Waals surface area contributed by atoms with E-state index in [9.17, 15) is 9.59 Å². The Hall–Kier alpha value is -1.46. The zero-order chi connectivity index (χ0) is 23.2. The fraction of sp³-hybridized carbons (Fsp3) is 0.800. The van der Waals surface area contributed by atoms with Crippen molar-refractivity contribution in [3.63, 3.8) is 0 Å². The van der Waals surface area contributed by atoms with Gasteiger partial charge in [0.15, 0.2) is 0 Å². The van der Waals surface area contributed by atoms with Crippen molar-refractivity contribution in [2.75, 3.05) is 49.2 Å². The normalized spacial score (nSPS) is 10.6. The summed E-state index contributed by atoms with van der Waals surface area (Å²) in [5.41, 5.74) is 0. The Morgan fingerprint density at radius 1 is 0.613 bits per heavy atom. The molecule has 0 amide bonds. The van der Waals surface area contributed by atoms with Gasteiger partial charge in [0, 0.05) is 37.4 Å². The molecule has 11 heteroatoms. The van der Waals surface area contributed by atoms with Gasteiger partial charge in [0.25, 0.3) is 0 Å². The van der Waals surface area contributed by atoms with Gasteiger partial charge in [0.1, 0.15) is 0 Å². The van der Waals surface area contributed by atoms with Gasteiger partial charge in [0.05, 0.1) is 24.5 Å². The summed E-state index contributed by atoms with van der Waals surface area (Å²) in [7, 11) is 0. The molecule has 0 atom stereocenters. The first-order valence-electron chi connectivity index (χ1n) is 10.8. The van der Waals surface area contributed by atoms with E-state index in [0.29, 0.717) is 36.0 Å². The zero-order valence-electron chi connectivity index (χ0n) is 18.3. The fourth-order valence-electron chi connectivity index (χ4n) is 2.43. The minimum absolute atomic E-state index is 0.197. The van der Waals surface area contributed by atoms with Gasteiger partial charge in [0.2, 0.25) is 0 Å². The molecular formula is C20H39N5O4S2. The van der Waals surface area contributed by atoms with Gasteiger partial charge in [-0.25, -0.2) is 0 Å². The maximum absolute atomic E-state index is 10.4. The van der Waals surface area contributed by atoms with E-state index < -0.39 is 11.9 Å². The standard InChI is InChI=1S/C20H39N5O4S2/c21-17(5-1-13-30-15-7-19(26)27)24-11-3-9-23-10-4-12-25-18(22)6-2-14-31-16-8-20(28)29/h23H,1-16H2,(H2,21,24)(H2,22,25)(H,26,27)(H,28,29). The van der Waals surface area contributed by atoms with Gasteiger partial charge in [-0.3, -0.25) is 20.4 Å². The highest BCUT2D eigenvalue weighted by molar-refractivity contribution is 7.99. The van der Waals surface area contributed by atoms with Crippen molar-refractivity contribution in [1.82, 2.24) is 16.0 Å². The van der Waals surface area contributed by atoms with E-state index in [1.807, 2.05) is 0 Å².